The predicted molar refractivity (Wildman–Crippen MR) is 27.3 cm³/mol. The van der Waals surface area contributed by atoms with Crippen LogP contribution in [0.1, 0.15) is 0 Å². The molecule has 0 aromatic rings. The Bertz CT molecular complexity index is 22.8. The lowest BCUT2D eigenvalue weighted by Gasteiger charge is -1.90. The van der Waals surface area contributed by atoms with Gasteiger partial charge in [0.25, 0.3) is 0 Å². The maximum absolute atomic E-state index is 5.23. The van der Waals surface area contributed by atoms with E-state index < -0.39 is 0 Å². The Labute approximate surface area is 46.1 Å². The molecule has 0 aliphatic heterocycles. The average Bonchev–Trinajstić information content (AvgIpc) is 1.61. The lowest BCUT2D eigenvalue weighted by Crippen LogP contribution is -1.95. The Balaban J connectivity index is 2.34. The Hall–Kier alpha value is 0.467. The zero-order chi connectivity index (χ0) is 4.83. The van der Waals surface area contributed by atoms with Gasteiger partial charge < -0.3 is 4.74 Å². The number of rotatable bonds is 3. The zero-order valence-corrected chi connectivity index (χ0v) is 5.16. The van der Waals surface area contributed by atoms with E-state index in [9.17, 15) is 0 Å². The molecule has 0 fully saturated rings. The van der Waals surface area contributed by atoms with Gasteiger partial charge in [0.2, 0.25) is 0 Å². The van der Waals surface area contributed by atoms with Crippen LogP contribution in [0.3, 0.4) is 0 Å². The van der Waals surface area contributed by atoms with Crippen molar-refractivity contribution < 1.29 is 4.74 Å². The van der Waals surface area contributed by atoms with Crippen molar-refractivity contribution in [3.63, 3.8) is 0 Å². The molecule has 0 aliphatic rings. The minimum absolute atomic E-state index is 0.574. The van der Waals surface area contributed by atoms with Gasteiger partial charge >= 0.3 is 0 Å². The Morgan fingerprint density at radius 2 is 2.33 bits per heavy atom. The molecule has 0 heterocycles. The molecule has 0 unspecified atom stereocenters. The molecular weight excluding hydrogens is 116 g/mol. The third kappa shape index (κ3) is 4.47. The summed E-state index contributed by atoms with van der Waals surface area (Å²) in [7, 11) is 3.11. The van der Waals surface area contributed by atoms with E-state index >= 15 is 0 Å². The summed E-state index contributed by atoms with van der Waals surface area (Å²) in [6, 6.07) is 0. The molecule has 3 radical (unpaired) electrons. The highest BCUT2D eigenvalue weighted by molar-refractivity contribution is 6.18. The van der Waals surface area contributed by atoms with E-state index in [-0.39, 0.29) is 0 Å². The first-order valence-corrected chi connectivity index (χ1v) is 2.94. The van der Waals surface area contributed by atoms with E-state index in [2.05, 4.69) is 10.2 Å². The first-order chi connectivity index (χ1) is 2.91. The normalized spacial score (nSPS) is 9.00. The second-order valence-corrected chi connectivity index (χ2v) is 1.41. The maximum Gasteiger partial charge on any atom is 0.0609 e. The molecule has 35 valence electrons. The van der Waals surface area contributed by atoms with E-state index in [1.54, 1.807) is 0 Å². The number of hydrogen-bond donors (Lipinski definition) is 0. The Kier molecular flexibility index (Phi) is 5.89. The van der Waals surface area contributed by atoms with Gasteiger partial charge in [0.1, 0.15) is 0 Å². The van der Waals surface area contributed by atoms with Crippen molar-refractivity contribution in [3.8, 4) is 0 Å². The summed E-state index contributed by atoms with van der Waals surface area (Å²) in [5.74, 6) is 0.574. The van der Waals surface area contributed by atoms with E-state index in [4.69, 9.17) is 16.3 Å². The van der Waals surface area contributed by atoms with E-state index in [1.807, 2.05) is 0 Å². The third-order valence-electron chi connectivity index (χ3n) is 0.324. The highest BCUT2D eigenvalue weighted by Gasteiger charge is 1.74. The number of ether oxygens (including phenoxy) is 1. The fraction of sp³-hybridized carbons (Fsp3) is 1.00. The quantitative estimate of drug-likeness (QED) is 0.298. The predicted octanol–water partition coefficient (Wildman–Crippen LogP) is 0.368. The van der Waals surface area contributed by atoms with Crippen molar-refractivity contribution in [2.75, 3.05) is 18.7 Å². The van der Waals surface area contributed by atoms with Gasteiger partial charge in [-0.2, -0.15) is 0 Å². The second kappa shape index (κ2) is 5.47. The molecule has 1 nitrogen and oxygen atoms in total. The smallest absolute Gasteiger partial charge is 0.0609 e. The summed E-state index contributed by atoms with van der Waals surface area (Å²) in [4.78, 5) is 0. The third-order valence-corrected chi connectivity index (χ3v) is 0.682. The van der Waals surface area contributed by atoms with Gasteiger partial charge in [-0.1, -0.05) is 0 Å². The van der Waals surface area contributed by atoms with Crippen LogP contribution in [0.4, 0.5) is 0 Å². The summed E-state index contributed by atoms with van der Waals surface area (Å²) in [5.41, 5.74) is 0. The summed E-state index contributed by atoms with van der Waals surface area (Å²) >= 11 is 5.23. The number of hydrogen-bond acceptors (Lipinski definition) is 1. The molecule has 0 amide bonds. The van der Waals surface area contributed by atoms with Crippen LogP contribution < -0.4 is 0 Å². The van der Waals surface area contributed by atoms with Crippen LogP contribution in [-0.2, 0) is 4.74 Å². The monoisotopic (exact) mass is 121 g/mol. The zero-order valence-electron chi connectivity index (χ0n) is 3.41. The molecule has 0 atom stereocenters. The molecule has 0 saturated carbocycles. The standard InChI is InChI=1S/C3H6ClOSi/c4-1-2-5-3-6/h1-3H2. The molecule has 0 aliphatic carbocycles. The molecule has 3 heteroatoms. The van der Waals surface area contributed by atoms with Crippen LogP contribution in [0.5, 0.6) is 0 Å². The topological polar surface area (TPSA) is 9.23 Å². The second-order valence-electron chi connectivity index (χ2n) is 0.742. The van der Waals surface area contributed by atoms with Crippen LogP contribution in [-0.4, -0.2) is 29.0 Å². The Morgan fingerprint density at radius 3 is 2.50 bits per heavy atom. The van der Waals surface area contributed by atoms with Crippen LogP contribution in [0.25, 0.3) is 0 Å². The van der Waals surface area contributed by atoms with Crippen molar-refractivity contribution in [3.05, 3.63) is 0 Å². The van der Waals surface area contributed by atoms with E-state index in [0.717, 1.165) is 0 Å². The summed E-state index contributed by atoms with van der Waals surface area (Å²) in [5, 5.41) is 0. The van der Waals surface area contributed by atoms with Gasteiger partial charge in [0, 0.05) is 12.1 Å². The maximum atomic E-state index is 5.23. The van der Waals surface area contributed by atoms with Gasteiger partial charge in [0.05, 0.1) is 16.8 Å². The molecule has 0 spiro atoms. The molecule has 0 N–H and O–H groups in total. The van der Waals surface area contributed by atoms with Crippen LogP contribution in [0.15, 0.2) is 0 Å². The van der Waals surface area contributed by atoms with Crippen molar-refractivity contribution in [2.45, 2.75) is 0 Å². The molecule has 0 aromatic carbocycles. The van der Waals surface area contributed by atoms with Crippen molar-refractivity contribution in [1.82, 2.24) is 0 Å². The summed E-state index contributed by atoms with van der Waals surface area (Å²) < 4.78 is 4.76. The van der Waals surface area contributed by atoms with Crippen LogP contribution in [0.2, 0.25) is 0 Å². The fourth-order valence-electron chi connectivity index (χ4n) is 0.127. The van der Waals surface area contributed by atoms with Crippen molar-refractivity contribution >= 4 is 21.8 Å². The molecule has 0 rings (SSSR count). The first-order valence-electron chi connectivity index (χ1n) is 1.70. The Morgan fingerprint density at radius 1 is 1.67 bits per heavy atom. The number of halogens is 1. The van der Waals surface area contributed by atoms with Crippen LogP contribution in [0, 0.1) is 0 Å². The molecular formula is C3H6ClOSi. The van der Waals surface area contributed by atoms with Gasteiger partial charge in [-0.25, -0.2) is 0 Å². The molecule has 0 bridgehead atoms. The minimum atomic E-state index is 0.574. The highest BCUT2D eigenvalue weighted by atomic mass is 35.5. The lowest BCUT2D eigenvalue weighted by atomic mass is 10.9. The van der Waals surface area contributed by atoms with Gasteiger partial charge in [0.15, 0.2) is 0 Å². The minimum Gasteiger partial charge on any atom is -0.384 e. The fourth-order valence-corrected chi connectivity index (χ4v) is 0.380. The lowest BCUT2D eigenvalue weighted by molar-refractivity contribution is 0.197. The van der Waals surface area contributed by atoms with E-state index in [0.29, 0.717) is 18.7 Å². The largest absolute Gasteiger partial charge is 0.384 e. The average molecular weight is 122 g/mol. The number of alkyl halides is 1. The van der Waals surface area contributed by atoms with E-state index in [1.165, 1.54) is 0 Å². The van der Waals surface area contributed by atoms with Gasteiger partial charge in [-0.15, -0.1) is 11.6 Å². The SMILES string of the molecule is [Si]COCCCl. The first kappa shape index (κ1) is 6.47. The van der Waals surface area contributed by atoms with Crippen molar-refractivity contribution in [1.29, 1.82) is 0 Å². The molecule has 6 heavy (non-hydrogen) atoms. The van der Waals surface area contributed by atoms with Crippen LogP contribution >= 0.6 is 11.6 Å². The summed E-state index contributed by atoms with van der Waals surface area (Å²) in [6.45, 7) is 0.630. The van der Waals surface area contributed by atoms with Crippen molar-refractivity contribution in [2.24, 2.45) is 0 Å². The molecule has 0 aromatic heterocycles. The highest BCUT2D eigenvalue weighted by Crippen LogP contribution is 1.73. The van der Waals surface area contributed by atoms with Gasteiger partial charge in [-0.3, -0.25) is 0 Å². The van der Waals surface area contributed by atoms with Gasteiger partial charge in [-0.05, 0) is 0 Å². The summed E-state index contributed by atoms with van der Waals surface area (Å²) in [6.07, 6.45) is 0.576. The molecule has 0 saturated heterocycles.